The molecule has 0 amide bonds. The lowest BCUT2D eigenvalue weighted by molar-refractivity contribution is 0.390. The monoisotopic (exact) mass is 255 g/mol. The van der Waals surface area contributed by atoms with Gasteiger partial charge in [0.1, 0.15) is 10.6 Å². The lowest BCUT2D eigenvalue weighted by Gasteiger charge is -2.04. The van der Waals surface area contributed by atoms with Crippen LogP contribution in [0, 0.1) is 13.8 Å². The molecule has 0 radical (unpaired) electrons. The fourth-order valence-electron chi connectivity index (χ4n) is 1.58. The molecular formula is C10H13N3O3S. The minimum Gasteiger partial charge on any atom is -0.367 e. The Labute approximate surface area is 99.1 Å². The van der Waals surface area contributed by atoms with Gasteiger partial charge in [-0.3, -0.25) is 0 Å². The number of H-pyrrole nitrogens is 1. The number of nitrogens with zero attached hydrogens (tertiary/aromatic N) is 1. The fraction of sp³-hybridized carbons (Fsp3) is 0.300. The van der Waals surface area contributed by atoms with Gasteiger partial charge in [-0.05, 0) is 25.5 Å². The molecule has 2 rings (SSSR count). The van der Waals surface area contributed by atoms with Gasteiger partial charge in [-0.1, -0.05) is 5.16 Å². The standard InChI is InChI=1S/C10H13N3O3S/c1-7-10(8(2)16-13-7)17(14,15)12-6-9-3-4-11-5-9/h3-5,11-12H,6H2,1-2H3. The molecule has 0 unspecified atom stereocenters. The zero-order chi connectivity index (χ0) is 12.5. The summed E-state index contributed by atoms with van der Waals surface area (Å²) in [5.74, 6) is 0.295. The van der Waals surface area contributed by atoms with Gasteiger partial charge < -0.3 is 9.51 Å². The first-order chi connectivity index (χ1) is 8.00. The van der Waals surface area contributed by atoms with E-state index in [2.05, 4.69) is 14.9 Å². The van der Waals surface area contributed by atoms with E-state index in [1.54, 1.807) is 32.3 Å². The lowest BCUT2D eigenvalue weighted by Crippen LogP contribution is -2.24. The van der Waals surface area contributed by atoms with Crippen molar-refractivity contribution in [2.75, 3.05) is 0 Å². The Morgan fingerprint density at radius 3 is 2.76 bits per heavy atom. The number of hydrogen-bond acceptors (Lipinski definition) is 4. The molecule has 6 nitrogen and oxygen atoms in total. The zero-order valence-corrected chi connectivity index (χ0v) is 10.3. The van der Waals surface area contributed by atoms with Crippen LogP contribution in [0.25, 0.3) is 0 Å². The molecule has 0 saturated carbocycles. The average Bonchev–Trinajstić information content (AvgIpc) is 2.86. The van der Waals surface area contributed by atoms with Crippen LogP contribution in [0.2, 0.25) is 0 Å². The van der Waals surface area contributed by atoms with Crippen molar-refractivity contribution >= 4 is 10.0 Å². The van der Waals surface area contributed by atoms with E-state index in [4.69, 9.17) is 4.52 Å². The summed E-state index contributed by atoms with van der Waals surface area (Å²) in [5.41, 5.74) is 1.23. The number of hydrogen-bond donors (Lipinski definition) is 2. The minimum atomic E-state index is -3.57. The maximum absolute atomic E-state index is 12.0. The maximum Gasteiger partial charge on any atom is 0.246 e. The van der Waals surface area contributed by atoms with Crippen molar-refractivity contribution in [1.82, 2.24) is 14.9 Å². The van der Waals surface area contributed by atoms with E-state index in [1.807, 2.05) is 0 Å². The molecule has 0 spiro atoms. The molecule has 0 fully saturated rings. The Balaban J connectivity index is 2.20. The van der Waals surface area contributed by atoms with Gasteiger partial charge in [0.2, 0.25) is 10.0 Å². The normalized spacial score (nSPS) is 11.9. The summed E-state index contributed by atoms with van der Waals surface area (Å²) in [7, 11) is -3.57. The number of aromatic nitrogens is 2. The van der Waals surface area contributed by atoms with Crippen LogP contribution in [-0.2, 0) is 16.6 Å². The SMILES string of the molecule is Cc1noc(C)c1S(=O)(=O)NCc1cc[nH]c1. The molecule has 2 N–H and O–H groups in total. The van der Waals surface area contributed by atoms with Crippen molar-refractivity contribution in [1.29, 1.82) is 0 Å². The van der Waals surface area contributed by atoms with E-state index in [-0.39, 0.29) is 11.4 Å². The first-order valence-electron chi connectivity index (χ1n) is 5.05. The topological polar surface area (TPSA) is 88.0 Å². The lowest BCUT2D eigenvalue weighted by atomic mass is 10.4. The predicted molar refractivity (Wildman–Crippen MR) is 60.8 cm³/mol. The molecule has 0 aliphatic heterocycles. The number of aryl methyl sites for hydroxylation is 2. The highest BCUT2D eigenvalue weighted by Gasteiger charge is 2.23. The fourth-order valence-corrected chi connectivity index (χ4v) is 2.92. The molecule has 7 heteroatoms. The van der Waals surface area contributed by atoms with Crippen molar-refractivity contribution in [3.05, 3.63) is 35.5 Å². The molecule has 0 atom stereocenters. The van der Waals surface area contributed by atoms with E-state index in [1.165, 1.54) is 0 Å². The summed E-state index contributed by atoms with van der Waals surface area (Å²) in [6.45, 7) is 3.40. The van der Waals surface area contributed by atoms with Crippen molar-refractivity contribution < 1.29 is 12.9 Å². The van der Waals surface area contributed by atoms with Crippen LogP contribution in [0.3, 0.4) is 0 Å². The van der Waals surface area contributed by atoms with Gasteiger partial charge in [0.15, 0.2) is 5.76 Å². The molecule has 0 bridgehead atoms. The molecule has 2 aromatic heterocycles. The maximum atomic E-state index is 12.0. The van der Waals surface area contributed by atoms with Crippen molar-refractivity contribution in [2.45, 2.75) is 25.3 Å². The molecule has 0 aliphatic rings. The molecule has 92 valence electrons. The van der Waals surface area contributed by atoms with Crippen LogP contribution >= 0.6 is 0 Å². The van der Waals surface area contributed by atoms with Gasteiger partial charge in [-0.2, -0.15) is 0 Å². The highest BCUT2D eigenvalue weighted by molar-refractivity contribution is 7.89. The quantitative estimate of drug-likeness (QED) is 0.856. The Morgan fingerprint density at radius 1 is 1.47 bits per heavy atom. The summed E-state index contributed by atoms with van der Waals surface area (Å²) in [6.07, 6.45) is 3.47. The first-order valence-corrected chi connectivity index (χ1v) is 6.53. The molecular weight excluding hydrogens is 242 g/mol. The summed E-state index contributed by atoms with van der Waals surface area (Å²) < 4.78 is 31.4. The van der Waals surface area contributed by atoms with E-state index in [0.717, 1.165) is 5.56 Å². The van der Waals surface area contributed by atoms with E-state index in [0.29, 0.717) is 11.5 Å². The van der Waals surface area contributed by atoms with E-state index >= 15 is 0 Å². The highest BCUT2D eigenvalue weighted by atomic mass is 32.2. The van der Waals surface area contributed by atoms with Crippen LogP contribution in [0.15, 0.2) is 27.9 Å². The smallest absolute Gasteiger partial charge is 0.246 e. The van der Waals surface area contributed by atoms with Gasteiger partial charge in [-0.25, -0.2) is 13.1 Å². The van der Waals surface area contributed by atoms with E-state index < -0.39 is 10.0 Å². The van der Waals surface area contributed by atoms with Crippen LogP contribution in [0.4, 0.5) is 0 Å². The second kappa shape index (κ2) is 4.34. The molecule has 0 aliphatic carbocycles. The summed E-state index contributed by atoms with van der Waals surface area (Å²) in [5, 5.41) is 3.63. The van der Waals surface area contributed by atoms with Crippen LogP contribution < -0.4 is 4.72 Å². The second-order valence-corrected chi connectivity index (χ2v) is 5.40. The number of rotatable bonds is 4. The minimum absolute atomic E-state index is 0.119. The molecule has 0 saturated heterocycles. The van der Waals surface area contributed by atoms with Crippen LogP contribution in [0.5, 0.6) is 0 Å². The second-order valence-electron chi connectivity index (χ2n) is 3.70. The highest BCUT2D eigenvalue weighted by Crippen LogP contribution is 2.18. The number of nitrogens with one attached hydrogen (secondary N) is 2. The van der Waals surface area contributed by atoms with Gasteiger partial charge in [0, 0.05) is 18.9 Å². The Bertz CT molecular complexity index is 579. The Hall–Kier alpha value is -1.60. The van der Waals surface area contributed by atoms with Crippen LogP contribution in [-0.4, -0.2) is 18.6 Å². The Morgan fingerprint density at radius 2 is 2.24 bits per heavy atom. The summed E-state index contributed by atoms with van der Waals surface area (Å²) in [4.78, 5) is 2.98. The zero-order valence-electron chi connectivity index (χ0n) is 9.52. The molecule has 2 heterocycles. The van der Waals surface area contributed by atoms with E-state index in [9.17, 15) is 8.42 Å². The largest absolute Gasteiger partial charge is 0.367 e. The number of aromatic amines is 1. The van der Waals surface area contributed by atoms with Crippen LogP contribution in [0.1, 0.15) is 17.0 Å². The van der Waals surface area contributed by atoms with Crippen molar-refractivity contribution in [2.24, 2.45) is 0 Å². The third-order valence-electron chi connectivity index (χ3n) is 2.37. The van der Waals surface area contributed by atoms with Gasteiger partial charge in [0.25, 0.3) is 0 Å². The Kier molecular flexibility index (Phi) is 3.03. The molecule has 17 heavy (non-hydrogen) atoms. The molecule has 0 aromatic carbocycles. The van der Waals surface area contributed by atoms with Crippen molar-refractivity contribution in [3.63, 3.8) is 0 Å². The average molecular weight is 255 g/mol. The summed E-state index contributed by atoms with van der Waals surface area (Å²) >= 11 is 0. The first kappa shape index (κ1) is 11.9. The predicted octanol–water partition coefficient (Wildman–Crippen LogP) is 1.10. The van der Waals surface area contributed by atoms with Crippen molar-refractivity contribution in [3.8, 4) is 0 Å². The molecule has 2 aromatic rings. The third-order valence-corrected chi connectivity index (χ3v) is 4.01. The summed E-state index contributed by atoms with van der Waals surface area (Å²) in [6, 6.07) is 1.80. The van der Waals surface area contributed by atoms with Gasteiger partial charge in [-0.15, -0.1) is 0 Å². The third kappa shape index (κ3) is 2.40. The van der Waals surface area contributed by atoms with Gasteiger partial charge >= 0.3 is 0 Å². The number of sulfonamides is 1. The van der Waals surface area contributed by atoms with Gasteiger partial charge in [0.05, 0.1) is 0 Å².